The van der Waals surface area contributed by atoms with E-state index in [9.17, 15) is 16.8 Å². The van der Waals surface area contributed by atoms with Crippen LogP contribution in [0.2, 0.25) is 5.02 Å². The van der Waals surface area contributed by atoms with Gasteiger partial charge in [0.2, 0.25) is 0 Å². The summed E-state index contributed by atoms with van der Waals surface area (Å²) in [6.07, 6.45) is 1.24. The first-order valence-electron chi connectivity index (χ1n) is 6.28. The largest absolute Gasteiger partial charge is 0.269 e. The third-order valence-corrected chi connectivity index (χ3v) is 6.82. The van der Waals surface area contributed by atoms with Crippen molar-refractivity contribution in [3.05, 3.63) is 59.8 Å². The summed E-state index contributed by atoms with van der Waals surface area (Å²) in [5.41, 5.74) is 0.347. The van der Waals surface area contributed by atoms with E-state index >= 15 is 0 Å². The van der Waals surface area contributed by atoms with Gasteiger partial charge in [0.15, 0.2) is 0 Å². The molecule has 2 aromatic carbocycles. The van der Waals surface area contributed by atoms with Crippen LogP contribution < -0.4 is 0 Å². The lowest BCUT2D eigenvalue weighted by Crippen LogP contribution is -2.14. The maximum atomic E-state index is 12.9. The number of aromatic nitrogens is 1. The molecule has 0 spiro atoms. The molecule has 0 saturated heterocycles. The standard InChI is InChI=1S/C14H9Cl2NO4S2/c15-11-9-17(12-6-2-1-5-10(11)12)23(20,21)14-8-4-3-7-13(14)22(16,18)19/h1-9H. The highest BCUT2D eigenvalue weighted by Gasteiger charge is 2.27. The number of benzene rings is 2. The molecule has 0 aliphatic rings. The Kier molecular flexibility index (Phi) is 3.92. The van der Waals surface area contributed by atoms with Crippen LogP contribution in [0.3, 0.4) is 0 Å². The van der Waals surface area contributed by atoms with Crippen molar-refractivity contribution in [1.82, 2.24) is 3.97 Å². The van der Waals surface area contributed by atoms with Crippen LogP contribution in [-0.2, 0) is 19.1 Å². The third-order valence-electron chi connectivity index (χ3n) is 3.28. The van der Waals surface area contributed by atoms with Gasteiger partial charge in [-0.25, -0.2) is 20.8 Å². The van der Waals surface area contributed by atoms with Crippen LogP contribution in [0.4, 0.5) is 0 Å². The zero-order valence-electron chi connectivity index (χ0n) is 11.3. The fourth-order valence-corrected chi connectivity index (χ4v) is 5.78. The minimum absolute atomic E-state index is 0.246. The molecule has 0 saturated carbocycles. The van der Waals surface area contributed by atoms with Crippen LogP contribution >= 0.6 is 22.3 Å². The molecule has 0 amide bonds. The predicted molar refractivity (Wildman–Crippen MR) is 89.0 cm³/mol. The summed E-state index contributed by atoms with van der Waals surface area (Å²) in [6.45, 7) is 0. The minimum atomic E-state index is -4.22. The Balaban J connectivity index is 2.36. The number of hydrogen-bond acceptors (Lipinski definition) is 4. The summed E-state index contributed by atoms with van der Waals surface area (Å²) in [5.74, 6) is 0. The average molecular weight is 390 g/mol. The van der Waals surface area contributed by atoms with Crippen molar-refractivity contribution < 1.29 is 16.8 Å². The van der Waals surface area contributed by atoms with Gasteiger partial charge < -0.3 is 0 Å². The molecular formula is C14H9Cl2NO4S2. The van der Waals surface area contributed by atoms with E-state index in [1.54, 1.807) is 24.3 Å². The monoisotopic (exact) mass is 389 g/mol. The number of hydrogen-bond donors (Lipinski definition) is 0. The van der Waals surface area contributed by atoms with Crippen molar-refractivity contribution in [2.24, 2.45) is 0 Å². The van der Waals surface area contributed by atoms with E-state index in [0.717, 1.165) is 10.0 Å². The molecule has 3 rings (SSSR count). The van der Waals surface area contributed by atoms with Crippen LogP contribution in [0.25, 0.3) is 10.9 Å². The molecule has 0 radical (unpaired) electrons. The topological polar surface area (TPSA) is 73.2 Å². The molecule has 3 aromatic rings. The maximum absolute atomic E-state index is 12.9. The number of fused-ring (bicyclic) bond motifs is 1. The number of para-hydroxylation sites is 1. The van der Waals surface area contributed by atoms with Crippen LogP contribution in [0.5, 0.6) is 0 Å². The van der Waals surface area contributed by atoms with Gasteiger partial charge in [-0.05, 0) is 18.2 Å². The lowest BCUT2D eigenvalue weighted by molar-refractivity contribution is 0.582. The van der Waals surface area contributed by atoms with Crippen LogP contribution in [0.1, 0.15) is 0 Å². The Morgan fingerprint density at radius 2 is 1.39 bits per heavy atom. The van der Waals surface area contributed by atoms with Gasteiger partial charge in [-0.15, -0.1) is 0 Å². The lowest BCUT2D eigenvalue weighted by Gasteiger charge is -2.10. The van der Waals surface area contributed by atoms with Crippen molar-refractivity contribution >= 4 is 52.3 Å². The van der Waals surface area contributed by atoms with Crippen molar-refractivity contribution in [3.8, 4) is 0 Å². The SMILES string of the molecule is O=S(=O)(Cl)c1ccccc1S(=O)(=O)n1cc(Cl)c2ccccc21. The summed E-state index contributed by atoms with van der Waals surface area (Å²) < 4.78 is 50.1. The highest BCUT2D eigenvalue weighted by atomic mass is 35.7. The fourth-order valence-electron chi connectivity index (χ4n) is 2.28. The third kappa shape index (κ3) is 2.74. The lowest BCUT2D eigenvalue weighted by atomic mass is 10.3. The zero-order chi connectivity index (χ0) is 16.8. The fraction of sp³-hybridized carbons (Fsp3) is 0. The predicted octanol–water partition coefficient (Wildman–Crippen LogP) is 3.46. The first-order chi connectivity index (χ1) is 10.7. The summed E-state index contributed by atoms with van der Waals surface area (Å²) in [4.78, 5) is -0.886. The van der Waals surface area contributed by atoms with E-state index in [2.05, 4.69) is 0 Å². The summed E-state index contributed by atoms with van der Waals surface area (Å²) >= 11 is 6.07. The van der Waals surface area contributed by atoms with Crippen molar-refractivity contribution in [3.63, 3.8) is 0 Å². The summed E-state index contributed by atoms with van der Waals surface area (Å²) in [6, 6.07) is 11.8. The van der Waals surface area contributed by atoms with E-state index in [4.69, 9.17) is 22.3 Å². The van der Waals surface area contributed by atoms with E-state index in [1.807, 2.05) is 0 Å². The molecule has 0 fully saturated rings. The normalized spacial score (nSPS) is 12.6. The van der Waals surface area contributed by atoms with Gasteiger partial charge in [0.05, 0.1) is 10.5 Å². The summed E-state index contributed by atoms with van der Waals surface area (Å²) in [7, 11) is -3.06. The molecule has 120 valence electrons. The average Bonchev–Trinajstić information content (AvgIpc) is 2.85. The first-order valence-corrected chi connectivity index (χ1v) is 10.4. The first kappa shape index (κ1) is 16.3. The van der Waals surface area contributed by atoms with E-state index in [0.29, 0.717) is 10.9 Å². The highest BCUT2D eigenvalue weighted by molar-refractivity contribution is 8.14. The second kappa shape index (κ2) is 5.52. The molecule has 9 heteroatoms. The minimum Gasteiger partial charge on any atom is -0.240 e. The van der Waals surface area contributed by atoms with Crippen molar-refractivity contribution in [1.29, 1.82) is 0 Å². The molecule has 0 aliphatic heterocycles. The Morgan fingerprint density at radius 3 is 2.04 bits per heavy atom. The van der Waals surface area contributed by atoms with E-state index < -0.39 is 28.9 Å². The van der Waals surface area contributed by atoms with Crippen molar-refractivity contribution in [2.45, 2.75) is 9.79 Å². The van der Waals surface area contributed by atoms with Gasteiger partial charge in [-0.2, -0.15) is 0 Å². The zero-order valence-corrected chi connectivity index (χ0v) is 14.5. The molecule has 1 aromatic heterocycles. The van der Waals surface area contributed by atoms with Gasteiger partial charge in [0.25, 0.3) is 19.1 Å². The Morgan fingerprint density at radius 1 is 0.826 bits per heavy atom. The Hall–Kier alpha value is -1.54. The van der Waals surface area contributed by atoms with Gasteiger partial charge in [-0.1, -0.05) is 41.9 Å². The van der Waals surface area contributed by atoms with Gasteiger partial charge in [-0.3, -0.25) is 0 Å². The van der Waals surface area contributed by atoms with E-state index in [-0.39, 0.29) is 5.02 Å². The molecule has 0 N–H and O–H groups in total. The smallest absolute Gasteiger partial charge is 0.240 e. The Labute approximate surface area is 142 Å². The van der Waals surface area contributed by atoms with Crippen molar-refractivity contribution in [2.75, 3.05) is 0 Å². The molecule has 0 atom stereocenters. The molecule has 23 heavy (non-hydrogen) atoms. The second-order valence-electron chi connectivity index (χ2n) is 4.68. The molecule has 0 unspecified atom stereocenters. The molecular weight excluding hydrogens is 381 g/mol. The highest BCUT2D eigenvalue weighted by Crippen LogP contribution is 2.31. The van der Waals surface area contributed by atoms with Crippen LogP contribution in [-0.4, -0.2) is 20.8 Å². The molecule has 5 nitrogen and oxygen atoms in total. The maximum Gasteiger partial charge on any atom is 0.269 e. The summed E-state index contributed by atoms with van der Waals surface area (Å²) in [5, 5.41) is 0.791. The van der Waals surface area contributed by atoms with Gasteiger partial charge >= 0.3 is 0 Å². The number of rotatable bonds is 3. The molecule has 0 aliphatic carbocycles. The second-order valence-corrected chi connectivity index (χ2v) is 9.40. The van der Waals surface area contributed by atoms with Gasteiger partial charge in [0.1, 0.15) is 9.79 Å². The quantitative estimate of drug-likeness (QED) is 0.642. The van der Waals surface area contributed by atoms with E-state index in [1.165, 1.54) is 24.4 Å². The Bertz CT molecular complexity index is 1120. The molecule has 0 bridgehead atoms. The van der Waals surface area contributed by atoms with Crippen LogP contribution in [0.15, 0.2) is 64.5 Å². The van der Waals surface area contributed by atoms with Crippen LogP contribution in [0, 0.1) is 0 Å². The number of nitrogens with zero attached hydrogens (tertiary/aromatic N) is 1. The van der Waals surface area contributed by atoms with Gasteiger partial charge in [0, 0.05) is 22.3 Å². The number of halogens is 2. The molecule has 1 heterocycles.